The van der Waals surface area contributed by atoms with Gasteiger partial charge in [-0.15, -0.1) is 0 Å². The number of aryl methyl sites for hydroxylation is 3. The van der Waals surface area contributed by atoms with Gasteiger partial charge in [-0.05, 0) is 232 Å². The second-order valence-corrected chi connectivity index (χ2v) is 44.2. The SMILES string of the molecule is CC(C)C(=O)CCC/C=C\C[C@@H]1[C@@H](/C=C/[C@@H](O)CCc2ccccc2)[C@H](O)C[C@@H]1O.CC(C)C(=O)CCC/C=C\C[C@@H]1[C@@H](CC[C@@H](O)CCc2ccccc2)[C@H](O)C[C@@H]1O.CCCCC[C@H](O)/C=C/[C@@H]1[C@@H](C/C=C\CCCC(=O)C(C)C)[C@@H](O)C[C@H]1O.CCCCC[C@](C)(O)/C=C/[C@@H]1[C@@H](C/C=C\CCCC(=O)C(C)C)[C@@H](O)C[C@H]1O.Cc1cccc(OC[C@H](O)/C=C/[C@@H]2[C@@H](C/C=C\CCCC(=O)C(C)C)[C@@H](O)C[C@H]2O)c1. The van der Waals surface area contributed by atoms with Gasteiger partial charge in [0.05, 0.1) is 85.0 Å². The average Bonchev–Trinajstić information content (AvgIpc) is 1.69. The standard InChI is InChI=1S/C26H38O5.C26H40O4.C26H38O4.C24H42O4.C23H40O4/c1-18(2)24(28)12-7-5-4-6-11-22-23(26(30)16-25(22)29)14-13-20(27)17-31-21-10-8-9-19(3)15-21;2*1-19(2)24(28)13-9-4-3-8-12-22-23(26(30)18-25(22)29)17-16-21(27)15-14-20-10-6-5-7-11-20;1-5-6-11-15-24(4,28)16-14-20-19(22(26)17-23(20)27)12-9-7-8-10-13-21(25)18(2)3;1-4-5-8-11-18(24)14-15-20-19(22(26)16-23(20)27)12-9-6-7-10-13-21(25)17(2)3/h4,6,8-10,13-15,18,20,22-23,25-27,29-30H,5,7,11-12,16-17H2,1-3H3;3,5-8,10-11,19,21-23,25-27,29-30H,4,9,12-18H2,1-2H3;3,5-8,10-11,16-17,19,21-23,25-27,29-30H,4,9,12-15,18H2,1-2H3;7,9,14,16,18-20,22-23,26-28H,5-6,8,10-13,15,17H2,1-4H3;6,9,14-15,17-20,22-24,26-27H,4-5,7-8,10-13,16H2,1-3H3/b6-4-,14-13+;8-3-;8-3-,17-16+;9-7-,16-14+;9-6-,15-14+/t20-,22-,23-,25+,26-;2*21-,22+,23+,25-,26+;19-,20-,22+,23-,24+;18-,19+,20+,22-,23+/m10010/s1. The van der Waals surface area contributed by atoms with E-state index in [1.54, 1.807) is 18.2 Å². The highest BCUT2D eigenvalue weighted by Gasteiger charge is 2.45. The third-order valence-corrected chi connectivity index (χ3v) is 29.9. The van der Waals surface area contributed by atoms with E-state index < -0.39 is 85.0 Å². The predicted octanol–water partition coefficient (Wildman–Crippen LogP) is 21.4. The van der Waals surface area contributed by atoms with E-state index in [9.17, 15) is 101 Å². The largest absolute Gasteiger partial charge is 0.491 e. The molecule has 15 N–H and O–H groups in total. The second-order valence-electron chi connectivity index (χ2n) is 44.2. The van der Waals surface area contributed by atoms with Gasteiger partial charge in [0.25, 0.3) is 0 Å². The molecular formula is C125H198O21. The van der Waals surface area contributed by atoms with E-state index in [2.05, 4.69) is 92.8 Å². The molecule has 3 aromatic rings. The lowest BCUT2D eigenvalue weighted by Crippen LogP contribution is -2.24. The summed E-state index contributed by atoms with van der Waals surface area (Å²) in [6.45, 7) is 27.5. The average molecular weight is 2040 g/mol. The van der Waals surface area contributed by atoms with Gasteiger partial charge in [-0.3, -0.25) is 24.0 Å². The number of aliphatic hydroxyl groups is 15. The maximum atomic E-state index is 11.7. The minimum atomic E-state index is -0.869. The Morgan fingerprint density at radius 2 is 0.664 bits per heavy atom. The molecule has 824 valence electrons. The fourth-order valence-corrected chi connectivity index (χ4v) is 20.1. The molecule has 21 nitrogen and oxygen atoms in total. The number of benzene rings is 3. The van der Waals surface area contributed by atoms with Crippen LogP contribution in [0, 0.1) is 95.7 Å². The van der Waals surface area contributed by atoms with Crippen LogP contribution in [0.5, 0.6) is 5.75 Å². The van der Waals surface area contributed by atoms with Crippen molar-refractivity contribution in [2.75, 3.05) is 6.61 Å². The monoisotopic (exact) mass is 2040 g/mol. The zero-order valence-corrected chi connectivity index (χ0v) is 91.7. The molecule has 146 heavy (non-hydrogen) atoms. The summed E-state index contributed by atoms with van der Waals surface area (Å²) in [5.41, 5.74) is 2.64. The Hall–Kier alpha value is -7.13. The van der Waals surface area contributed by atoms with Gasteiger partial charge in [-0.1, -0.05) is 304 Å². The lowest BCUT2D eigenvalue weighted by Gasteiger charge is -2.23. The summed E-state index contributed by atoms with van der Waals surface area (Å²) in [4.78, 5) is 58.2. The third-order valence-electron chi connectivity index (χ3n) is 29.9. The van der Waals surface area contributed by atoms with Crippen molar-refractivity contribution in [1.29, 1.82) is 0 Å². The van der Waals surface area contributed by atoms with Crippen molar-refractivity contribution in [3.63, 3.8) is 0 Å². The van der Waals surface area contributed by atoms with Crippen LogP contribution in [-0.2, 0) is 36.8 Å². The molecule has 0 bridgehead atoms. The Bertz CT molecular complexity index is 4270. The quantitative estimate of drug-likeness (QED) is 0.0184. The molecule has 0 unspecified atom stereocenters. The van der Waals surface area contributed by atoms with Crippen molar-refractivity contribution in [3.8, 4) is 5.75 Å². The second kappa shape index (κ2) is 74.8. The maximum absolute atomic E-state index is 11.7. The predicted molar refractivity (Wildman–Crippen MR) is 590 cm³/mol. The molecule has 3 aromatic carbocycles. The van der Waals surface area contributed by atoms with Crippen LogP contribution in [0.1, 0.15) is 344 Å². The van der Waals surface area contributed by atoms with E-state index in [4.69, 9.17) is 4.74 Å². The van der Waals surface area contributed by atoms with E-state index in [0.29, 0.717) is 138 Å². The lowest BCUT2D eigenvalue weighted by molar-refractivity contribution is -0.122. The minimum absolute atomic E-state index is 0.0207. The number of hydrogen-bond donors (Lipinski definition) is 15. The van der Waals surface area contributed by atoms with Crippen LogP contribution < -0.4 is 4.74 Å². The van der Waals surface area contributed by atoms with E-state index in [1.165, 1.54) is 11.1 Å². The number of unbranched alkanes of at least 4 members (excludes halogenated alkanes) is 9. The number of carbonyl (C=O) groups excluding carboxylic acids is 5. The van der Waals surface area contributed by atoms with Crippen molar-refractivity contribution in [2.45, 2.75) is 438 Å². The van der Waals surface area contributed by atoms with E-state index in [1.807, 2.05) is 180 Å². The first-order valence-corrected chi connectivity index (χ1v) is 56.2. The first kappa shape index (κ1) is 131. The maximum Gasteiger partial charge on any atom is 0.135 e. The highest BCUT2D eigenvalue weighted by molar-refractivity contribution is 5.81. The molecule has 0 radical (unpaired) electrons. The van der Waals surface area contributed by atoms with E-state index in [-0.39, 0.29) is 107 Å². The fourth-order valence-electron chi connectivity index (χ4n) is 20.1. The zero-order valence-electron chi connectivity index (χ0n) is 91.7. The van der Waals surface area contributed by atoms with Gasteiger partial charge < -0.3 is 81.3 Å². The van der Waals surface area contributed by atoms with Crippen LogP contribution in [-0.4, -0.2) is 203 Å². The van der Waals surface area contributed by atoms with Crippen LogP contribution in [0.3, 0.4) is 0 Å². The van der Waals surface area contributed by atoms with Crippen molar-refractivity contribution >= 4 is 28.9 Å². The number of Topliss-reactive ketones (excluding diaryl/α,β-unsaturated/α-hetero) is 5. The Balaban J connectivity index is 0.000000381. The van der Waals surface area contributed by atoms with Crippen molar-refractivity contribution in [3.05, 3.63) is 211 Å². The van der Waals surface area contributed by atoms with Gasteiger partial charge in [0, 0.05) is 111 Å². The van der Waals surface area contributed by atoms with Gasteiger partial charge in [0.1, 0.15) is 47.4 Å². The number of allylic oxidation sites excluding steroid dienone is 10. The molecule has 21 heteroatoms. The molecule has 0 saturated heterocycles. The molecule has 5 aliphatic rings. The van der Waals surface area contributed by atoms with Crippen LogP contribution >= 0.6 is 0 Å². The van der Waals surface area contributed by atoms with Crippen LogP contribution in [0.2, 0.25) is 0 Å². The molecule has 25 atom stereocenters. The van der Waals surface area contributed by atoms with E-state index >= 15 is 0 Å². The molecule has 0 aliphatic heterocycles. The smallest absolute Gasteiger partial charge is 0.135 e. The Labute approximate surface area is 879 Å². The van der Waals surface area contributed by atoms with Gasteiger partial charge in [-0.2, -0.15) is 0 Å². The number of hydrogen-bond acceptors (Lipinski definition) is 21. The first-order valence-electron chi connectivity index (χ1n) is 56.2. The number of ether oxygens (including phenoxy) is 1. The lowest BCUT2D eigenvalue weighted by atomic mass is 9.85. The normalized spacial score (nSPS) is 26.1. The molecule has 0 aromatic heterocycles. The van der Waals surface area contributed by atoms with Gasteiger partial charge >= 0.3 is 0 Å². The van der Waals surface area contributed by atoms with Crippen LogP contribution in [0.25, 0.3) is 0 Å². The molecule has 5 fully saturated rings. The van der Waals surface area contributed by atoms with Crippen LogP contribution in [0.15, 0.2) is 194 Å². The summed E-state index contributed by atoms with van der Waals surface area (Å²) in [7, 11) is 0. The molecule has 5 saturated carbocycles. The van der Waals surface area contributed by atoms with Gasteiger partial charge in [-0.25, -0.2) is 0 Å². The zero-order chi connectivity index (χ0) is 108. The summed E-state index contributed by atoms with van der Waals surface area (Å²) >= 11 is 0. The van der Waals surface area contributed by atoms with Crippen LogP contribution in [0.4, 0.5) is 0 Å². The summed E-state index contributed by atoms with van der Waals surface area (Å²) in [6, 6.07) is 27.9. The van der Waals surface area contributed by atoms with E-state index in [0.717, 1.165) is 147 Å². The van der Waals surface area contributed by atoms with Crippen molar-refractivity contribution < 1.29 is 105 Å². The molecule has 8 rings (SSSR count). The Morgan fingerprint density at radius 1 is 0.349 bits per heavy atom. The van der Waals surface area contributed by atoms with Gasteiger partial charge in [0.2, 0.25) is 0 Å². The Kier molecular flexibility index (Phi) is 67.2. The molecule has 0 heterocycles. The minimum Gasteiger partial charge on any atom is -0.491 e. The highest BCUT2D eigenvalue weighted by Crippen LogP contribution is 2.43. The summed E-state index contributed by atoms with van der Waals surface area (Å²) in [5.74, 6) is 1.96. The summed E-state index contributed by atoms with van der Waals surface area (Å²) in [5, 5.41) is 155. The number of aliphatic hydroxyl groups excluding tert-OH is 14. The molecule has 0 amide bonds. The number of rotatable bonds is 63. The van der Waals surface area contributed by atoms with Crippen molar-refractivity contribution in [2.24, 2.45) is 88.8 Å². The third kappa shape index (κ3) is 54.2. The summed E-state index contributed by atoms with van der Waals surface area (Å²) in [6.07, 6.45) is 56.8. The van der Waals surface area contributed by atoms with Crippen molar-refractivity contribution in [1.82, 2.24) is 0 Å². The Morgan fingerprint density at radius 3 is 1.02 bits per heavy atom. The number of carbonyl (C=O) groups is 5. The topological polar surface area (TPSA) is 398 Å². The first-order chi connectivity index (χ1) is 69.6. The number of ketones is 5. The van der Waals surface area contributed by atoms with Gasteiger partial charge in [0.15, 0.2) is 0 Å². The molecular weight excluding hydrogens is 1840 g/mol. The molecule has 5 aliphatic carbocycles. The fraction of sp³-hybridized carbons (Fsp3) is 0.672. The highest BCUT2D eigenvalue weighted by atomic mass is 16.5. The summed E-state index contributed by atoms with van der Waals surface area (Å²) < 4.78 is 5.62. The molecule has 0 spiro atoms.